The van der Waals surface area contributed by atoms with Crippen molar-refractivity contribution in [2.24, 2.45) is 5.10 Å². The molecule has 3 aromatic carbocycles. The molecule has 8 heteroatoms. The van der Waals surface area contributed by atoms with Gasteiger partial charge in [-0.2, -0.15) is 0 Å². The monoisotopic (exact) mass is 447 g/mol. The highest BCUT2D eigenvalue weighted by atomic mass is 32.1. The molecule has 2 N–H and O–H groups in total. The summed E-state index contributed by atoms with van der Waals surface area (Å²) in [4.78, 5) is 13.1. The van der Waals surface area contributed by atoms with Gasteiger partial charge in [0.25, 0.3) is 5.91 Å². The first-order valence-corrected chi connectivity index (χ1v) is 10.6. The van der Waals surface area contributed by atoms with E-state index in [1.807, 2.05) is 52.4 Å². The van der Waals surface area contributed by atoms with Gasteiger partial charge in [-0.05, 0) is 42.0 Å². The van der Waals surface area contributed by atoms with Gasteiger partial charge in [-0.1, -0.05) is 30.3 Å². The van der Waals surface area contributed by atoms with E-state index in [0.717, 1.165) is 16.9 Å². The number of rotatable bonds is 6. The van der Waals surface area contributed by atoms with Gasteiger partial charge in [0.15, 0.2) is 0 Å². The Morgan fingerprint density at radius 2 is 1.75 bits per heavy atom. The Morgan fingerprint density at radius 3 is 2.44 bits per heavy atom. The number of amides is 1. The van der Waals surface area contributed by atoms with Gasteiger partial charge in [0.05, 0.1) is 25.6 Å². The summed E-state index contributed by atoms with van der Waals surface area (Å²) in [5, 5.41) is 15.8. The lowest BCUT2D eigenvalue weighted by atomic mass is 10.1. The number of phenolic OH excluding ortho intramolecular Hbond substituents is 1. The van der Waals surface area contributed by atoms with Crippen molar-refractivity contribution in [3.8, 4) is 34.2 Å². The molecule has 4 rings (SSSR count). The van der Waals surface area contributed by atoms with Gasteiger partial charge < -0.3 is 14.6 Å². The predicted molar refractivity (Wildman–Crippen MR) is 123 cm³/mol. The molecule has 1 heterocycles. The summed E-state index contributed by atoms with van der Waals surface area (Å²) in [6.07, 6.45) is 0. The third kappa shape index (κ3) is 4.35. The number of methoxy groups -OCH3 is 2. The summed E-state index contributed by atoms with van der Waals surface area (Å²) >= 11 is 1.39. The smallest absolute Gasteiger partial charge is 0.271 e. The second-order valence-corrected chi connectivity index (χ2v) is 7.58. The number of thiazole rings is 1. The minimum atomic E-state index is -0.382. The number of nitrogens with one attached hydrogen (secondary N) is 1. The average Bonchev–Trinajstić information content (AvgIpc) is 3.26. The summed E-state index contributed by atoms with van der Waals surface area (Å²) in [6.45, 7) is 0. The molecule has 0 aliphatic carbocycles. The van der Waals surface area contributed by atoms with Crippen LogP contribution in [0.5, 0.6) is 17.2 Å². The van der Waals surface area contributed by atoms with Crippen LogP contribution in [0.2, 0.25) is 0 Å². The standard InChI is InChI=1S/C24H21N3O4S/c1-30-19-12-13-20(22(14-19)31-2)27-21(16-6-4-3-5-7-16)15-32-24(27)26-25-23(29)17-8-10-18(28)11-9-17/h3-15,28H,1-2H3,(H,25,29)/b26-24-. The van der Waals surface area contributed by atoms with E-state index in [0.29, 0.717) is 21.9 Å². The minimum absolute atomic E-state index is 0.0914. The molecule has 32 heavy (non-hydrogen) atoms. The van der Waals surface area contributed by atoms with Crippen LogP contribution in [0.15, 0.2) is 83.3 Å². The second-order valence-electron chi connectivity index (χ2n) is 6.74. The fraction of sp³-hybridized carbons (Fsp3) is 0.0833. The van der Waals surface area contributed by atoms with Crippen LogP contribution in [-0.4, -0.2) is 29.8 Å². The van der Waals surface area contributed by atoms with Crippen molar-refractivity contribution in [3.05, 3.63) is 88.5 Å². The van der Waals surface area contributed by atoms with Crippen molar-refractivity contribution in [2.45, 2.75) is 0 Å². The summed E-state index contributed by atoms with van der Waals surface area (Å²) in [7, 11) is 3.19. The lowest BCUT2D eigenvalue weighted by molar-refractivity contribution is 0.0953. The Bertz CT molecular complexity index is 1300. The van der Waals surface area contributed by atoms with E-state index in [9.17, 15) is 9.90 Å². The number of hydrogen-bond acceptors (Lipinski definition) is 6. The first-order chi connectivity index (χ1) is 15.6. The summed E-state index contributed by atoms with van der Waals surface area (Å²) in [5.41, 5.74) is 5.64. The molecule has 7 nitrogen and oxygen atoms in total. The Kier molecular flexibility index (Phi) is 6.23. The molecule has 0 saturated heterocycles. The maximum absolute atomic E-state index is 12.5. The molecular weight excluding hydrogens is 426 g/mol. The largest absolute Gasteiger partial charge is 0.508 e. The van der Waals surface area contributed by atoms with E-state index in [-0.39, 0.29) is 11.7 Å². The normalized spacial score (nSPS) is 11.2. The van der Waals surface area contributed by atoms with Crippen LogP contribution in [0.3, 0.4) is 0 Å². The van der Waals surface area contributed by atoms with Crippen molar-refractivity contribution < 1.29 is 19.4 Å². The Balaban J connectivity index is 1.82. The highest BCUT2D eigenvalue weighted by Gasteiger charge is 2.15. The van der Waals surface area contributed by atoms with Crippen molar-refractivity contribution in [2.75, 3.05) is 14.2 Å². The summed E-state index contributed by atoms with van der Waals surface area (Å²) < 4.78 is 12.9. The van der Waals surface area contributed by atoms with Gasteiger partial charge in [0.2, 0.25) is 4.80 Å². The third-order valence-electron chi connectivity index (χ3n) is 4.79. The lowest BCUT2D eigenvalue weighted by Gasteiger charge is -2.14. The van der Waals surface area contributed by atoms with Gasteiger partial charge in [-0.15, -0.1) is 16.4 Å². The third-order valence-corrected chi connectivity index (χ3v) is 5.61. The zero-order valence-corrected chi connectivity index (χ0v) is 18.3. The number of hydrogen-bond donors (Lipinski definition) is 2. The number of aromatic hydroxyl groups is 1. The molecule has 0 spiro atoms. The summed E-state index contributed by atoms with van der Waals surface area (Å²) in [5.74, 6) is 0.981. The molecule has 0 aliphatic rings. The Labute approximate surface area is 188 Å². The zero-order chi connectivity index (χ0) is 22.5. The molecule has 0 fully saturated rings. The van der Waals surface area contributed by atoms with Gasteiger partial charge in [-0.3, -0.25) is 9.36 Å². The highest BCUT2D eigenvalue weighted by molar-refractivity contribution is 7.07. The first-order valence-electron chi connectivity index (χ1n) is 9.72. The molecular formula is C24H21N3O4S. The highest BCUT2D eigenvalue weighted by Crippen LogP contribution is 2.31. The van der Waals surface area contributed by atoms with Crippen LogP contribution in [0, 0.1) is 0 Å². The van der Waals surface area contributed by atoms with Gasteiger partial charge in [-0.25, -0.2) is 5.43 Å². The van der Waals surface area contributed by atoms with Crippen LogP contribution in [0.1, 0.15) is 10.4 Å². The summed E-state index contributed by atoms with van der Waals surface area (Å²) in [6, 6.07) is 21.4. The number of carbonyl (C=O) groups excluding carboxylic acids is 1. The molecule has 1 aromatic heterocycles. The van der Waals surface area contributed by atoms with Crippen molar-refractivity contribution in [1.82, 2.24) is 9.99 Å². The minimum Gasteiger partial charge on any atom is -0.508 e. The van der Waals surface area contributed by atoms with E-state index in [1.54, 1.807) is 20.3 Å². The molecule has 162 valence electrons. The fourth-order valence-electron chi connectivity index (χ4n) is 3.18. The number of phenols is 1. The molecule has 0 aliphatic heterocycles. The molecule has 0 unspecified atom stereocenters. The SMILES string of the molecule is COc1ccc(-n2c(-c3ccccc3)cs/c2=N\NC(=O)c2ccc(O)cc2)c(OC)c1. The number of benzene rings is 3. The van der Waals surface area contributed by atoms with Crippen LogP contribution < -0.4 is 19.7 Å². The van der Waals surface area contributed by atoms with Gasteiger partial charge in [0.1, 0.15) is 17.2 Å². The van der Waals surface area contributed by atoms with E-state index in [2.05, 4.69) is 10.5 Å². The molecule has 0 atom stereocenters. The predicted octanol–water partition coefficient (Wildman–Crippen LogP) is 4.17. The van der Waals surface area contributed by atoms with Crippen molar-refractivity contribution in [1.29, 1.82) is 0 Å². The fourth-order valence-corrected chi connectivity index (χ4v) is 4.04. The van der Waals surface area contributed by atoms with Crippen LogP contribution in [-0.2, 0) is 0 Å². The number of ether oxygens (including phenoxy) is 2. The Hall–Kier alpha value is -4.04. The van der Waals surface area contributed by atoms with E-state index < -0.39 is 0 Å². The average molecular weight is 448 g/mol. The van der Waals surface area contributed by atoms with Gasteiger partial charge >= 0.3 is 0 Å². The van der Waals surface area contributed by atoms with E-state index in [1.165, 1.54) is 35.6 Å². The van der Waals surface area contributed by atoms with E-state index in [4.69, 9.17) is 9.47 Å². The molecule has 0 radical (unpaired) electrons. The lowest BCUT2D eigenvalue weighted by Crippen LogP contribution is -2.24. The Morgan fingerprint density at radius 1 is 1.00 bits per heavy atom. The number of aromatic nitrogens is 1. The molecule has 0 saturated carbocycles. The second kappa shape index (κ2) is 9.40. The van der Waals surface area contributed by atoms with Crippen LogP contribution in [0.25, 0.3) is 16.9 Å². The van der Waals surface area contributed by atoms with Crippen LogP contribution in [0.4, 0.5) is 0 Å². The number of carbonyl (C=O) groups is 1. The molecule has 4 aromatic rings. The van der Waals surface area contributed by atoms with Crippen molar-refractivity contribution >= 4 is 17.2 Å². The first kappa shape index (κ1) is 21.2. The number of nitrogens with zero attached hydrogens (tertiary/aromatic N) is 2. The van der Waals surface area contributed by atoms with Gasteiger partial charge in [0, 0.05) is 17.0 Å². The molecule has 0 bridgehead atoms. The van der Waals surface area contributed by atoms with Crippen molar-refractivity contribution in [3.63, 3.8) is 0 Å². The maximum atomic E-state index is 12.5. The van der Waals surface area contributed by atoms with Crippen LogP contribution >= 0.6 is 11.3 Å². The molecule has 1 amide bonds. The quantitative estimate of drug-likeness (QED) is 0.435. The maximum Gasteiger partial charge on any atom is 0.271 e. The van der Waals surface area contributed by atoms with E-state index >= 15 is 0 Å². The zero-order valence-electron chi connectivity index (χ0n) is 17.5. The topological polar surface area (TPSA) is 85.1 Å².